The molecule has 0 saturated heterocycles. The van der Waals surface area contributed by atoms with Crippen LogP contribution in [0.4, 0.5) is 16.2 Å². The molecule has 0 unspecified atom stereocenters. The Morgan fingerprint density at radius 3 is 2.28 bits per heavy atom. The minimum absolute atomic E-state index is 0. The van der Waals surface area contributed by atoms with Gasteiger partial charge in [-0.2, -0.15) is 0 Å². The summed E-state index contributed by atoms with van der Waals surface area (Å²) in [5, 5.41) is 37.3. The largest absolute Gasteiger partial charge is 1.00 e. The van der Waals surface area contributed by atoms with Crippen molar-refractivity contribution in [2.45, 2.75) is 18.6 Å². The van der Waals surface area contributed by atoms with Crippen LogP contribution in [0.25, 0.3) is 0 Å². The SMILES string of the molecule is O=C(Nc1ccc(C[C@@H](CO)NC[C@H](O)COc2ccccc2)cc1)Nc1cccc(C(=O)O)c1.[H-].[Na+]. The second kappa shape index (κ2) is 15.2. The van der Waals surface area contributed by atoms with Gasteiger partial charge in [0.25, 0.3) is 0 Å². The average molecular weight is 504 g/mol. The first-order valence-corrected chi connectivity index (χ1v) is 11.1. The van der Waals surface area contributed by atoms with Crippen molar-refractivity contribution in [3.63, 3.8) is 0 Å². The zero-order chi connectivity index (χ0) is 25.0. The van der Waals surface area contributed by atoms with Gasteiger partial charge in [0, 0.05) is 24.0 Å². The molecule has 36 heavy (non-hydrogen) atoms. The molecule has 2 atom stereocenters. The predicted molar refractivity (Wildman–Crippen MR) is 134 cm³/mol. The number of aliphatic hydroxyl groups excluding tert-OH is 2. The monoisotopic (exact) mass is 503 g/mol. The molecule has 0 aliphatic heterocycles. The molecule has 3 rings (SSSR count). The Hall–Kier alpha value is -2.92. The Bertz CT molecular complexity index is 1100. The molecule has 2 amide bonds. The van der Waals surface area contributed by atoms with E-state index in [0.717, 1.165) is 5.56 Å². The van der Waals surface area contributed by atoms with Gasteiger partial charge in [-0.1, -0.05) is 36.4 Å². The van der Waals surface area contributed by atoms with E-state index in [1.807, 2.05) is 42.5 Å². The molecular formula is C26H30N3NaO6. The molecule has 9 nitrogen and oxygen atoms in total. The van der Waals surface area contributed by atoms with Gasteiger partial charge >= 0.3 is 41.6 Å². The quantitative estimate of drug-likeness (QED) is 0.192. The van der Waals surface area contributed by atoms with Gasteiger partial charge in [-0.25, -0.2) is 9.59 Å². The van der Waals surface area contributed by atoms with Crippen molar-refractivity contribution in [2.24, 2.45) is 0 Å². The minimum atomic E-state index is -1.07. The average Bonchev–Trinajstić information content (AvgIpc) is 2.87. The first-order chi connectivity index (χ1) is 16.9. The number of urea groups is 1. The Balaban J connectivity index is 0.00000342. The minimum Gasteiger partial charge on any atom is -1.00 e. The van der Waals surface area contributed by atoms with E-state index in [1.54, 1.807) is 24.3 Å². The maximum absolute atomic E-state index is 12.2. The fourth-order valence-electron chi connectivity index (χ4n) is 3.30. The van der Waals surface area contributed by atoms with Gasteiger partial charge in [-0.3, -0.25) is 0 Å². The van der Waals surface area contributed by atoms with Crippen LogP contribution in [-0.4, -0.2) is 59.2 Å². The van der Waals surface area contributed by atoms with Crippen LogP contribution in [0.15, 0.2) is 78.9 Å². The first-order valence-electron chi connectivity index (χ1n) is 11.1. The number of hydrogen-bond donors (Lipinski definition) is 6. The second-order valence-corrected chi connectivity index (χ2v) is 7.93. The third-order valence-corrected chi connectivity index (χ3v) is 5.11. The Morgan fingerprint density at radius 1 is 0.917 bits per heavy atom. The van der Waals surface area contributed by atoms with Gasteiger partial charge in [0.05, 0.1) is 12.2 Å². The van der Waals surface area contributed by atoms with E-state index in [0.29, 0.717) is 23.5 Å². The molecule has 6 N–H and O–H groups in total. The van der Waals surface area contributed by atoms with Crippen molar-refractivity contribution >= 4 is 23.4 Å². The molecule has 10 heteroatoms. The summed E-state index contributed by atoms with van der Waals surface area (Å²) in [5.74, 6) is -0.392. The van der Waals surface area contributed by atoms with E-state index in [9.17, 15) is 19.8 Å². The number of ether oxygens (including phenoxy) is 1. The summed E-state index contributed by atoms with van der Waals surface area (Å²) in [6.45, 7) is 0.295. The van der Waals surface area contributed by atoms with Crippen LogP contribution in [0.2, 0.25) is 0 Å². The van der Waals surface area contributed by atoms with Crippen molar-refractivity contribution in [2.75, 3.05) is 30.4 Å². The summed E-state index contributed by atoms with van der Waals surface area (Å²) in [7, 11) is 0. The molecule has 186 valence electrons. The number of carbonyl (C=O) groups excluding carboxylic acids is 1. The number of amides is 2. The van der Waals surface area contributed by atoms with Crippen LogP contribution in [0.1, 0.15) is 17.3 Å². The maximum Gasteiger partial charge on any atom is 1.00 e. The summed E-state index contributed by atoms with van der Waals surface area (Å²) < 4.78 is 5.53. The van der Waals surface area contributed by atoms with Gasteiger partial charge in [0.1, 0.15) is 18.5 Å². The van der Waals surface area contributed by atoms with Crippen molar-refractivity contribution < 1.29 is 60.6 Å². The van der Waals surface area contributed by atoms with E-state index < -0.39 is 18.1 Å². The summed E-state index contributed by atoms with van der Waals surface area (Å²) >= 11 is 0. The summed E-state index contributed by atoms with van der Waals surface area (Å²) in [6.07, 6.45) is -0.206. The fraction of sp³-hybridized carbons (Fsp3) is 0.231. The Morgan fingerprint density at radius 2 is 1.61 bits per heavy atom. The number of hydrogen-bond acceptors (Lipinski definition) is 6. The number of para-hydroxylation sites is 1. The summed E-state index contributed by atoms with van der Waals surface area (Å²) in [4.78, 5) is 23.3. The van der Waals surface area contributed by atoms with E-state index >= 15 is 0 Å². The molecule has 0 spiro atoms. The maximum atomic E-state index is 12.2. The number of rotatable bonds is 12. The molecule has 0 aliphatic rings. The second-order valence-electron chi connectivity index (χ2n) is 7.93. The molecule has 0 fully saturated rings. The number of carbonyl (C=O) groups is 2. The molecule has 3 aromatic rings. The number of carboxylic acids is 1. The number of nitrogens with one attached hydrogen (secondary N) is 3. The topological polar surface area (TPSA) is 140 Å². The molecule has 0 radical (unpaired) electrons. The molecular weight excluding hydrogens is 473 g/mol. The number of carboxylic acid groups (broad SMARTS) is 1. The van der Waals surface area contributed by atoms with Crippen LogP contribution in [-0.2, 0) is 6.42 Å². The van der Waals surface area contributed by atoms with E-state index in [4.69, 9.17) is 9.84 Å². The van der Waals surface area contributed by atoms with Gasteiger partial charge in [0.2, 0.25) is 0 Å². The predicted octanol–water partition coefficient (Wildman–Crippen LogP) is 0.0782. The Kier molecular flexibility index (Phi) is 12.4. The zero-order valence-corrected chi connectivity index (χ0v) is 22.1. The number of benzene rings is 3. The Labute approximate surface area is 233 Å². The van der Waals surface area contributed by atoms with Crippen molar-refractivity contribution in [3.8, 4) is 5.75 Å². The number of aliphatic hydroxyl groups is 2. The van der Waals surface area contributed by atoms with Crippen LogP contribution in [0.3, 0.4) is 0 Å². The van der Waals surface area contributed by atoms with Crippen LogP contribution in [0.5, 0.6) is 5.75 Å². The molecule has 0 heterocycles. The third kappa shape index (κ3) is 9.98. The zero-order valence-electron chi connectivity index (χ0n) is 21.1. The van der Waals surface area contributed by atoms with Crippen molar-refractivity contribution in [3.05, 3.63) is 90.0 Å². The smallest absolute Gasteiger partial charge is 1.00 e. The molecule has 0 bridgehead atoms. The molecule has 3 aromatic carbocycles. The van der Waals surface area contributed by atoms with E-state index in [1.165, 1.54) is 12.1 Å². The molecule has 0 aliphatic carbocycles. The van der Waals surface area contributed by atoms with Crippen LogP contribution < -0.4 is 50.2 Å². The molecule has 0 saturated carbocycles. The fourth-order valence-corrected chi connectivity index (χ4v) is 3.30. The first kappa shape index (κ1) is 29.3. The standard InChI is InChI=1S/C26H29N3O6.Na.H/c30-16-22(27-15-23(31)17-35-24-7-2-1-3-8-24)13-18-9-11-20(12-10-18)28-26(34)29-21-6-4-5-19(14-21)25(32)33;;/h1-12,14,22-23,27,30-31H,13,15-17H2,(H,32,33)(H2,28,29,34);;/q;+1;-1/t22-,23-;;/m0../s1. The third-order valence-electron chi connectivity index (χ3n) is 5.11. The van der Waals surface area contributed by atoms with Crippen molar-refractivity contribution in [1.29, 1.82) is 0 Å². The van der Waals surface area contributed by atoms with Crippen molar-refractivity contribution in [1.82, 2.24) is 5.32 Å². The summed E-state index contributed by atoms with van der Waals surface area (Å²) in [5.41, 5.74) is 1.94. The summed E-state index contributed by atoms with van der Waals surface area (Å²) in [6, 6.07) is 21.6. The van der Waals surface area contributed by atoms with E-state index in [-0.39, 0.29) is 62.3 Å². The number of aromatic carboxylic acids is 1. The van der Waals surface area contributed by atoms with Crippen LogP contribution >= 0.6 is 0 Å². The van der Waals surface area contributed by atoms with E-state index in [2.05, 4.69) is 16.0 Å². The van der Waals surface area contributed by atoms with Gasteiger partial charge < -0.3 is 37.4 Å². The van der Waals surface area contributed by atoms with Gasteiger partial charge in [-0.05, 0) is 54.4 Å². The van der Waals surface area contributed by atoms with Gasteiger partial charge in [-0.15, -0.1) is 0 Å². The number of anilines is 2. The normalized spacial score (nSPS) is 12.1. The van der Waals surface area contributed by atoms with Gasteiger partial charge in [0.15, 0.2) is 0 Å². The van der Waals surface area contributed by atoms with Crippen LogP contribution in [0, 0.1) is 0 Å². The molecule has 0 aromatic heterocycles.